The van der Waals surface area contributed by atoms with E-state index in [-0.39, 0.29) is 24.5 Å². The Labute approximate surface area is 114 Å². The highest BCUT2D eigenvalue weighted by Gasteiger charge is 2.40. The Hall–Kier alpha value is -2.04. The van der Waals surface area contributed by atoms with E-state index in [0.717, 1.165) is 4.90 Å². The van der Waals surface area contributed by atoms with Gasteiger partial charge in [0.25, 0.3) is 0 Å². The van der Waals surface area contributed by atoms with Crippen molar-refractivity contribution in [1.82, 2.24) is 15.0 Å². The van der Waals surface area contributed by atoms with E-state index in [1.165, 1.54) is 14.2 Å². The number of nitrogens with zero attached hydrogens (tertiary/aromatic N) is 4. The summed E-state index contributed by atoms with van der Waals surface area (Å²) < 4.78 is 44.3. The molecule has 0 saturated carbocycles. The fraction of sp³-hybridized carbons (Fsp3) is 0.556. The summed E-state index contributed by atoms with van der Waals surface area (Å²) in [5.41, 5.74) is 0. The number of aromatic nitrogens is 3. The van der Waals surface area contributed by atoms with Gasteiger partial charge in [-0.25, -0.2) is 0 Å². The zero-order valence-corrected chi connectivity index (χ0v) is 11.4. The third kappa shape index (κ3) is 2.76. The van der Waals surface area contributed by atoms with E-state index in [1.54, 1.807) is 0 Å². The second-order valence-electron chi connectivity index (χ2n) is 3.91. The molecule has 0 spiro atoms. The van der Waals surface area contributed by atoms with Gasteiger partial charge in [-0.05, 0) is 0 Å². The minimum Gasteiger partial charge on any atom is -0.467 e. The Kier molecular flexibility index (Phi) is 3.70. The van der Waals surface area contributed by atoms with Crippen molar-refractivity contribution >= 4 is 22.1 Å². The van der Waals surface area contributed by atoms with Crippen LogP contribution in [0.25, 0.3) is 0 Å². The molecule has 0 radical (unpaired) electrons. The maximum Gasteiger partial charge on any atom is 0.324 e. The number of ether oxygens (including phenoxy) is 2. The first-order valence-corrected chi connectivity index (χ1v) is 6.87. The summed E-state index contributed by atoms with van der Waals surface area (Å²) in [4.78, 5) is 24.1. The average molecular weight is 306 g/mol. The van der Waals surface area contributed by atoms with E-state index in [2.05, 4.69) is 15.0 Å². The zero-order chi connectivity index (χ0) is 14.9. The molecule has 1 unspecified atom stereocenters. The SMILES string of the molecule is COc1nc(OC)nc(N2CC(S(=O)(=O)F)CC2=O)n1. The van der Waals surface area contributed by atoms with Gasteiger partial charge in [0.05, 0.1) is 14.2 Å². The predicted molar refractivity (Wildman–Crippen MR) is 63.7 cm³/mol. The lowest BCUT2D eigenvalue weighted by Gasteiger charge is -2.14. The van der Waals surface area contributed by atoms with E-state index in [1.807, 2.05) is 0 Å². The Morgan fingerprint density at radius 3 is 2.15 bits per heavy atom. The smallest absolute Gasteiger partial charge is 0.324 e. The van der Waals surface area contributed by atoms with E-state index in [4.69, 9.17) is 9.47 Å². The molecule has 1 atom stereocenters. The number of rotatable bonds is 4. The van der Waals surface area contributed by atoms with Crippen LogP contribution < -0.4 is 14.4 Å². The molecular formula is C9H11FN4O5S. The molecule has 2 heterocycles. The summed E-state index contributed by atoms with van der Waals surface area (Å²) in [6, 6.07) is -0.211. The molecule has 20 heavy (non-hydrogen) atoms. The molecule has 0 bridgehead atoms. The zero-order valence-electron chi connectivity index (χ0n) is 10.6. The molecule has 110 valence electrons. The molecule has 0 N–H and O–H groups in total. The molecule has 9 nitrogen and oxygen atoms in total. The Bertz CT molecular complexity index is 615. The van der Waals surface area contributed by atoms with Gasteiger partial charge in [0.2, 0.25) is 11.9 Å². The topological polar surface area (TPSA) is 112 Å². The van der Waals surface area contributed by atoms with Crippen LogP contribution in [0, 0.1) is 0 Å². The van der Waals surface area contributed by atoms with Gasteiger partial charge < -0.3 is 9.47 Å². The lowest BCUT2D eigenvalue weighted by Crippen LogP contribution is -2.29. The first kappa shape index (κ1) is 14.4. The third-order valence-electron chi connectivity index (χ3n) is 2.68. The minimum absolute atomic E-state index is 0.105. The molecule has 1 amide bonds. The van der Waals surface area contributed by atoms with E-state index < -0.39 is 27.8 Å². The van der Waals surface area contributed by atoms with Crippen molar-refractivity contribution in [3.05, 3.63) is 0 Å². The summed E-state index contributed by atoms with van der Waals surface area (Å²) in [5, 5.41) is -1.43. The lowest BCUT2D eigenvalue weighted by molar-refractivity contribution is -0.117. The van der Waals surface area contributed by atoms with Crippen molar-refractivity contribution in [3.63, 3.8) is 0 Å². The number of methoxy groups -OCH3 is 2. The normalized spacial score (nSPS) is 19.2. The Morgan fingerprint density at radius 2 is 1.75 bits per heavy atom. The number of anilines is 1. The predicted octanol–water partition coefficient (Wildman–Crippen LogP) is -0.707. The number of halogens is 1. The Balaban J connectivity index is 2.34. The first-order valence-electron chi connectivity index (χ1n) is 5.43. The molecule has 0 aromatic carbocycles. The van der Waals surface area contributed by atoms with Crippen LogP contribution in [0.2, 0.25) is 0 Å². The maximum absolute atomic E-state index is 12.9. The monoisotopic (exact) mass is 306 g/mol. The van der Waals surface area contributed by atoms with Gasteiger partial charge in [-0.3, -0.25) is 9.69 Å². The number of carbonyl (C=O) groups is 1. The van der Waals surface area contributed by atoms with Crippen LogP contribution in [0.3, 0.4) is 0 Å². The van der Waals surface area contributed by atoms with Crippen molar-refractivity contribution < 1.29 is 26.6 Å². The van der Waals surface area contributed by atoms with Gasteiger partial charge in [0, 0.05) is 13.0 Å². The van der Waals surface area contributed by atoms with Crippen molar-refractivity contribution in [1.29, 1.82) is 0 Å². The van der Waals surface area contributed by atoms with Crippen LogP contribution in [0.1, 0.15) is 6.42 Å². The van der Waals surface area contributed by atoms with Crippen LogP contribution in [-0.2, 0) is 15.0 Å². The van der Waals surface area contributed by atoms with Gasteiger partial charge in [0.15, 0.2) is 0 Å². The first-order chi connectivity index (χ1) is 9.35. The van der Waals surface area contributed by atoms with Gasteiger partial charge in [-0.2, -0.15) is 18.4 Å². The number of amides is 1. The van der Waals surface area contributed by atoms with Crippen molar-refractivity contribution in [2.75, 3.05) is 25.7 Å². The average Bonchev–Trinajstić information content (AvgIpc) is 2.80. The highest BCUT2D eigenvalue weighted by molar-refractivity contribution is 7.87. The second kappa shape index (κ2) is 5.15. The molecule has 1 aromatic rings. The third-order valence-corrected chi connectivity index (χ3v) is 3.79. The molecule has 1 fully saturated rings. The maximum atomic E-state index is 12.9. The van der Waals surface area contributed by atoms with E-state index >= 15 is 0 Å². The van der Waals surface area contributed by atoms with Gasteiger partial charge in [-0.15, -0.1) is 8.87 Å². The van der Waals surface area contributed by atoms with Crippen molar-refractivity contribution in [2.45, 2.75) is 11.7 Å². The molecule has 2 rings (SSSR count). The minimum atomic E-state index is -4.80. The molecule has 1 saturated heterocycles. The summed E-state index contributed by atoms with van der Waals surface area (Å²) in [6.45, 7) is -0.367. The fourth-order valence-electron chi connectivity index (χ4n) is 1.69. The van der Waals surface area contributed by atoms with Crippen molar-refractivity contribution in [2.24, 2.45) is 0 Å². The van der Waals surface area contributed by atoms with E-state index in [0.29, 0.717) is 0 Å². The van der Waals surface area contributed by atoms with Crippen LogP contribution in [0.15, 0.2) is 0 Å². The number of hydrogen-bond acceptors (Lipinski definition) is 8. The second-order valence-corrected chi connectivity index (χ2v) is 5.53. The highest BCUT2D eigenvalue weighted by atomic mass is 32.3. The molecular weight excluding hydrogens is 295 g/mol. The number of carbonyl (C=O) groups excluding carboxylic acids is 1. The summed E-state index contributed by atoms with van der Waals surface area (Å²) in [6.07, 6.45) is -0.463. The largest absolute Gasteiger partial charge is 0.467 e. The molecule has 11 heteroatoms. The van der Waals surface area contributed by atoms with Crippen LogP contribution >= 0.6 is 0 Å². The van der Waals surface area contributed by atoms with Crippen LogP contribution in [-0.4, -0.2) is 55.3 Å². The molecule has 1 aromatic heterocycles. The summed E-state index contributed by atoms with van der Waals surface area (Å²) >= 11 is 0. The summed E-state index contributed by atoms with van der Waals surface area (Å²) in [5.74, 6) is -0.753. The van der Waals surface area contributed by atoms with Gasteiger partial charge in [-0.1, -0.05) is 0 Å². The van der Waals surface area contributed by atoms with Crippen LogP contribution in [0.5, 0.6) is 12.0 Å². The standard InChI is InChI=1S/C9H11FN4O5S/c1-18-8-11-7(12-9(13-8)19-2)14-4-5(3-6(14)15)20(10,16)17/h5H,3-4H2,1-2H3. The highest BCUT2D eigenvalue weighted by Crippen LogP contribution is 2.25. The summed E-state index contributed by atoms with van der Waals surface area (Å²) in [7, 11) is -2.19. The van der Waals surface area contributed by atoms with Crippen molar-refractivity contribution in [3.8, 4) is 12.0 Å². The fourth-order valence-corrected chi connectivity index (χ4v) is 2.36. The molecule has 1 aliphatic heterocycles. The molecule has 0 aliphatic carbocycles. The number of hydrogen-bond donors (Lipinski definition) is 0. The lowest BCUT2D eigenvalue weighted by atomic mass is 10.4. The molecule has 1 aliphatic rings. The van der Waals surface area contributed by atoms with Gasteiger partial charge in [0.1, 0.15) is 5.25 Å². The van der Waals surface area contributed by atoms with Gasteiger partial charge >= 0.3 is 22.2 Å². The Morgan fingerprint density at radius 1 is 1.20 bits per heavy atom. The van der Waals surface area contributed by atoms with Crippen LogP contribution in [0.4, 0.5) is 9.83 Å². The van der Waals surface area contributed by atoms with E-state index in [9.17, 15) is 17.1 Å². The quantitative estimate of drug-likeness (QED) is 0.671.